The summed E-state index contributed by atoms with van der Waals surface area (Å²) in [6.45, 7) is 5.17. The number of carbonyl (C=O) groups excluding carboxylic acids is 1. The number of hydrogen-bond acceptors (Lipinski definition) is 6. The zero-order valence-electron chi connectivity index (χ0n) is 16.0. The van der Waals surface area contributed by atoms with E-state index in [-0.39, 0.29) is 17.0 Å². The number of aromatic nitrogens is 2. The minimum absolute atomic E-state index is 0.0604. The van der Waals surface area contributed by atoms with Crippen molar-refractivity contribution in [3.63, 3.8) is 0 Å². The van der Waals surface area contributed by atoms with Gasteiger partial charge in [0.15, 0.2) is 0 Å². The molecule has 0 aliphatic rings. The van der Waals surface area contributed by atoms with Crippen molar-refractivity contribution in [3.8, 4) is 0 Å². The third kappa shape index (κ3) is 3.91. The zero-order chi connectivity index (χ0) is 21.3. The highest BCUT2D eigenvalue weighted by Crippen LogP contribution is 2.29. The van der Waals surface area contributed by atoms with Crippen LogP contribution in [0, 0.1) is 33.1 Å². The van der Waals surface area contributed by atoms with Gasteiger partial charge in [-0.1, -0.05) is 26.0 Å². The van der Waals surface area contributed by atoms with Crippen LogP contribution in [0.2, 0.25) is 0 Å². The second kappa shape index (κ2) is 7.66. The number of fused-ring (bicyclic) bond motifs is 1. The molecule has 0 aliphatic carbocycles. The number of benzene rings is 2. The Bertz CT molecular complexity index is 1090. The molecule has 29 heavy (non-hydrogen) atoms. The van der Waals surface area contributed by atoms with Crippen molar-refractivity contribution in [1.82, 2.24) is 15.3 Å². The van der Waals surface area contributed by atoms with Gasteiger partial charge >= 0.3 is 0 Å². The van der Waals surface area contributed by atoms with E-state index in [9.17, 15) is 25.0 Å². The van der Waals surface area contributed by atoms with Crippen molar-refractivity contribution >= 4 is 28.3 Å². The van der Waals surface area contributed by atoms with Gasteiger partial charge in [0.1, 0.15) is 5.82 Å². The van der Waals surface area contributed by atoms with E-state index in [2.05, 4.69) is 15.3 Å². The van der Waals surface area contributed by atoms with Gasteiger partial charge in [0.2, 0.25) is 0 Å². The first-order chi connectivity index (χ1) is 13.7. The molecule has 1 amide bonds. The van der Waals surface area contributed by atoms with Crippen molar-refractivity contribution in [1.29, 1.82) is 0 Å². The third-order valence-electron chi connectivity index (χ3n) is 4.67. The molecule has 10 nitrogen and oxygen atoms in total. The van der Waals surface area contributed by atoms with E-state index >= 15 is 0 Å². The van der Waals surface area contributed by atoms with E-state index in [0.717, 1.165) is 23.2 Å². The van der Waals surface area contributed by atoms with Crippen LogP contribution < -0.4 is 5.32 Å². The van der Waals surface area contributed by atoms with E-state index in [1.807, 2.05) is 38.1 Å². The first-order valence-corrected chi connectivity index (χ1v) is 8.88. The van der Waals surface area contributed by atoms with Crippen LogP contribution in [-0.2, 0) is 0 Å². The molecule has 10 heteroatoms. The first kappa shape index (κ1) is 19.9. The highest BCUT2D eigenvalue weighted by molar-refractivity contribution is 5.97. The van der Waals surface area contributed by atoms with Gasteiger partial charge < -0.3 is 10.3 Å². The van der Waals surface area contributed by atoms with Gasteiger partial charge in [-0.3, -0.25) is 25.0 Å². The first-order valence-electron chi connectivity index (χ1n) is 8.88. The van der Waals surface area contributed by atoms with Crippen LogP contribution in [0.4, 0.5) is 11.4 Å². The van der Waals surface area contributed by atoms with Gasteiger partial charge in [0.05, 0.1) is 38.6 Å². The number of H-pyrrole nitrogens is 1. The molecule has 0 saturated carbocycles. The Hall–Kier alpha value is -3.82. The standard InChI is InChI=1S/C19H19N5O5/c1-10(2)17(18-20-14-6-4-5-7-15(14)21-18)22-19(25)13-8-12(23(26)27)9-16(11(13)3)24(28)29/h4-10,17H,1-3H3,(H,20,21)(H,22,25). The second-order valence-electron chi connectivity index (χ2n) is 6.99. The lowest BCUT2D eigenvalue weighted by molar-refractivity contribution is -0.394. The number of amides is 1. The molecule has 2 N–H and O–H groups in total. The molecule has 0 fully saturated rings. The van der Waals surface area contributed by atoms with Crippen LogP contribution in [0.25, 0.3) is 11.0 Å². The smallest absolute Gasteiger partial charge is 0.279 e. The molecule has 0 radical (unpaired) electrons. The molecule has 0 saturated heterocycles. The summed E-state index contributed by atoms with van der Waals surface area (Å²) in [5.74, 6) is -0.172. The quantitative estimate of drug-likeness (QED) is 0.478. The van der Waals surface area contributed by atoms with E-state index < -0.39 is 33.2 Å². The summed E-state index contributed by atoms with van der Waals surface area (Å²) in [6.07, 6.45) is 0. The largest absolute Gasteiger partial charge is 0.342 e. The minimum Gasteiger partial charge on any atom is -0.342 e. The number of para-hydroxylation sites is 2. The molecule has 1 atom stereocenters. The molecule has 1 aromatic heterocycles. The fourth-order valence-corrected chi connectivity index (χ4v) is 3.10. The predicted molar refractivity (Wildman–Crippen MR) is 106 cm³/mol. The summed E-state index contributed by atoms with van der Waals surface area (Å²) in [5.41, 5.74) is 0.499. The van der Waals surface area contributed by atoms with E-state index in [4.69, 9.17) is 0 Å². The minimum atomic E-state index is -0.762. The summed E-state index contributed by atoms with van der Waals surface area (Å²) >= 11 is 0. The second-order valence-corrected chi connectivity index (χ2v) is 6.99. The molecule has 3 aromatic rings. The van der Waals surface area contributed by atoms with Gasteiger partial charge in [0.25, 0.3) is 17.3 Å². The summed E-state index contributed by atoms with van der Waals surface area (Å²) in [5, 5.41) is 25.2. The maximum atomic E-state index is 12.9. The van der Waals surface area contributed by atoms with Crippen molar-refractivity contribution in [2.24, 2.45) is 5.92 Å². The molecular weight excluding hydrogens is 378 g/mol. The fraction of sp³-hybridized carbons (Fsp3) is 0.263. The molecule has 3 rings (SSSR count). The number of aromatic amines is 1. The lowest BCUT2D eigenvalue weighted by atomic mass is 10.0. The Balaban J connectivity index is 2.00. The summed E-state index contributed by atoms with van der Waals surface area (Å²) in [7, 11) is 0. The Labute approximate surface area is 165 Å². The number of nitro benzene ring substituents is 2. The zero-order valence-corrected chi connectivity index (χ0v) is 16.0. The van der Waals surface area contributed by atoms with Crippen molar-refractivity contribution in [2.45, 2.75) is 26.8 Å². The molecule has 1 unspecified atom stereocenters. The normalized spacial score (nSPS) is 12.1. The SMILES string of the molecule is Cc1c(C(=O)NC(c2nc3ccccc3[nH]2)C(C)C)cc([N+](=O)[O-])cc1[N+](=O)[O-]. The average molecular weight is 397 g/mol. The monoisotopic (exact) mass is 397 g/mol. The highest BCUT2D eigenvalue weighted by Gasteiger charge is 2.28. The van der Waals surface area contributed by atoms with Crippen LogP contribution in [-0.4, -0.2) is 25.7 Å². The number of nitro groups is 2. The lowest BCUT2D eigenvalue weighted by Gasteiger charge is -2.21. The van der Waals surface area contributed by atoms with Gasteiger partial charge in [-0.2, -0.15) is 0 Å². The van der Waals surface area contributed by atoms with Crippen molar-refractivity contribution < 1.29 is 14.6 Å². The molecule has 2 aromatic carbocycles. The molecule has 150 valence electrons. The number of imidazole rings is 1. The maximum absolute atomic E-state index is 12.9. The van der Waals surface area contributed by atoms with Crippen LogP contribution in [0.3, 0.4) is 0 Å². The Kier molecular flexibility index (Phi) is 5.26. The van der Waals surface area contributed by atoms with E-state index in [1.54, 1.807) is 0 Å². The van der Waals surface area contributed by atoms with Gasteiger partial charge in [0, 0.05) is 11.6 Å². The number of nitrogens with one attached hydrogen (secondary N) is 2. The molecular formula is C19H19N5O5. The van der Waals surface area contributed by atoms with Crippen molar-refractivity contribution in [2.75, 3.05) is 0 Å². The number of carbonyl (C=O) groups is 1. The van der Waals surface area contributed by atoms with Gasteiger partial charge in [-0.05, 0) is 25.0 Å². The number of hydrogen-bond donors (Lipinski definition) is 2. The Morgan fingerprint density at radius 1 is 1.14 bits per heavy atom. The van der Waals surface area contributed by atoms with Crippen molar-refractivity contribution in [3.05, 3.63) is 73.6 Å². The van der Waals surface area contributed by atoms with Gasteiger partial charge in [-0.15, -0.1) is 0 Å². The van der Waals surface area contributed by atoms with Crippen LogP contribution >= 0.6 is 0 Å². The molecule has 1 heterocycles. The van der Waals surface area contributed by atoms with Gasteiger partial charge in [-0.25, -0.2) is 4.98 Å². The van der Waals surface area contributed by atoms with E-state index in [1.165, 1.54) is 6.92 Å². The summed E-state index contributed by atoms with van der Waals surface area (Å²) in [6, 6.07) is 8.79. The van der Waals surface area contributed by atoms with Crippen LogP contribution in [0.1, 0.15) is 41.6 Å². The fourth-order valence-electron chi connectivity index (χ4n) is 3.10. The summed E-state index contributed by atoms with van der Waals surface area (Å²) < 4.78 is 0. The maximum Gasteiger partial charge on any atom is 0.279 e. The molecule has 0 spiro atoms. The summed E-state index contributed by atoms with van der Waals surface area (Å²) in [4.78, 5) is 41.5. The highest BCUT2D eigenvalue weighted by atomic mass is 16.6. The number of nitrogens with zero attached hydrogens (tertiary/aromatic N) is 3. The lowest BCUT2D eigenvalue weighted by Crippen LogP contribution is -2.33. The average Bonchev–Trinajstić information content (AvgIpc) is 3.08. The topological polar surface area (TPSA) is 144 Å². The predicted octanol–water partition coefficient (Wildman–Crippen LogP) is 3.81. The molecule has 0 aliphatic heterocycles. The number of non-ortho nitro benzene ring substituents is 1. The Morgan fingerprint density at radius 3 is 2.41 bits per heavy atom. The number of rotatable bonds is 6. The Morgan fingerprint density at radius 2 is 1.83 bits per heavy atom. The van der Waals surface area contributed by atoms with Crippen LogP contribution in [0.5, 0.6) is 0 Å². The molecule has 0 bridgehead atoms. The van der Waals surface area contributed by atoms with Crippen LogP contribution in [0.15, 0.2) is 36.4 Å². The van der Waals surface area contributed by atoms with E-state index in [0.29, 0.717) is 5.82 Å². The third-order valence-corrected chi connectivity index (χ3v) is 4.67.